The van der Waals surface area contributed by atoms with Crippen LogP contribution in [0.25, 0.3) is 0 Å². The van der Waals surface area contributed by atoms with E-state index in [2.05, 4.69) is 16.0 Å². The molecule has 0 aromatic carbocycles. The fourth-order valence-electron chi connectivity index (χ4n) is 4.51. The second kappa shape index (κ2) is 16.7. The molecule has 0 aromatic rings. The summed E-state index contributed by atoms with van der Waals surface area (Å²) in [4.78, 5) is 76.8. The van der Waals surface area contributed by atoms with E-state index in [-0.39, 0.29) is 18.9 Å². The maximum Gasteiger partial charge on any atom is 0.245 e. The van der Waals surface area contributed by atoms with Crippen LogP contribution in [0.3, 0.4) is 0 Å². The standard InChI is InChI=1S/C25H46N8O7/c1-13(2)11-15(27)22(37)30-16(7-4-5-9-26)25(40)33-10-6-8-18(33)24(39)31-17(12-19(28)35)23(38)32-20(14(3)34)21(29)36/h13-18,20,34H,4-12,26-27H2,1-3H3,(H2,28,35)(H2,29,36)(H,30,37)(H,31,39)(H,32,38)/t14-,15+,16+,17+,18+,20+/m1/s1. The van der Waals surface area contributed by atoms with Gasteiger partial charge in [-0.15, -0.1) is 0 Å². The first-order valence-electron chi connectivity index (χ1n) is 13.6. The van der Waals surface area contributed by atoms with Crippen LogP contribution in [0.5, 0.6) is 0 Å². The Kier molecular flexibility index (Phi) is 14.5. The second-order valence-corrected chi connectivity index (χ2v) is 10.6. The number of unbranched alkanes of at least 4 members (excludes halogenated alkanes) is 1. The maximum atomic E-state index is 13.6. The van der Waals surface area contributed by atoms with Gasteiger partial charge in [-0.1, -0.05) is 13.8 Å². The van der Waals surface area contributed by atoms with Crippen LogP contribution in [0.2, 0.25) is 0 Å². The van der Waals surface area contributed by atoms with Crippen LogP contribution < -0.4 is 38.9 Å². The van der Waals surface area contributed by atoms with Crippen molar-refractivity contribution in [3.63, 3.8) is 0 Å². The predicted octanol–water partition coefficient (Wildman–Crippen LogP) is -3.32. The molecule has 0 aliphatic carbocycles. The average Bonchev–Trinajstić information content (AvgIpc) is 3.34. The lowest BCUT2D eigenvalue weighted by Gasteiger charge is -2.30. The van der Waals surface area contributed by atoms with Crippen LogP contribution in [0, 0.1) is 5.92 Å². The van der Waals surface area contributed by atoms with Gasteiger partial charge in [-0.05, 0) is 57.9 Å². The zero-order valence-corrected chi connectivity index (χ0v) is 23.6. The van der Waals surface area contributed by atoms with Crippen LogP contribution in [-0.4, -0.2) is 94.9 Å². The van der Waals surface area contributed by atoms with Crippen LogP contribution in [-0.2, 0) is 28.8 Å². The van der Waals surface area contributed by atoms with E-state index in [0.29, 0.717) is 38.6 Å². The number of nitrogens with zero attached hydrogens (tertiary/aromatic N) is 1. The van der Waals surface area contributed by atoms with Crippen molar-refractivity contribution in [1.82, 2.24) is 20.9 Å². The van der Waals surface area contributed by atoms with Crippen LogP contribution in [0.15, 0.2) is 0 Å². The second-order valence-electron chi connectivity index (χ2n) is 10.6. The summed E-state index contributed by atoms with van der Waals surface area (Å²) < 4.78 is 0. The van der Waals surface area contributed by atoms with Gasteiger partial charge in [-0.2, -0.15) is 0 Å². The first-order valence-corrected chi connectivity index (χ1v) is 13.6. The van der Waals surface area contributed by atoms with Gasteiger partial charge >= 0.3 is 0 Å². The van der Waals surface area contributed by atoms with E-state index in [9.17, 15) is 33.9 Å². The third-order valence-electron chi connectivity index (χ3n) is 6.59. The first-order chi connectivity index (χ1) is 18.7. The monoisotopic (exact) mass is 570 g/mol. The zero-order chi connectivity index (χ0) is 30.6. The van der Waals surface area contributed by atoms with Crippen molar-refractivity contribution in [3.8, 4) is 0 Å². The van der Waals surface area contributed by atoms with Crippen LogP contribution in [0.4, 0.5) is 0 Å². The molecule has 15 nitrogen and oxygen atoms in total. The zero-order valence-electron chi connectivity index (χ0n) is 23.6. The normalized spacial score (nSPS) is 18.8. The first kappa shape index (κ1) is 34.7. The molecule has 0 aromatic heterocycles. The van der Waals surface area contributed by atoms with Crippen molar-refractivity contribution in [1.29, 1.82) is 0 Å². The van der Waals surface area contributed by atoms with Crippen molar-refractivity contribution in [2.24, 2.45) is 28.9 Å². The largest absolute Gasteiger partial charge is 0.391 e. The molecule has 1 heterocycles. The van der Waals surface area contributed by atoms with Gasteiger partial charge in [0.15, 0.2) is 0 Å². The van der Waals surface area contributed by atoms with E-state index in [4.69, 9.17) is 22.9 Å². The molecule has 40 heavy (non-hydrogen) atoms. The number of nitrogens with two attached hydrogens (primary N) is 4. The molecule has 0 unspecified atom stereocenters. The van der Waals surface area contributed by atoms with E-state index in [1.165, 1.54) is 11.8 Å². The molecule has 1 fully saturated rings. The molecular weight excluding hydrogens is 524 g/mol. The number of hydrogen-bond acceptors (Lipinski definition) is 9. The average molecular weight is 571 g/mol. The Morgan fingerprint density at radius 2 is 1.60 bits per heavy atom. The SMILES string of the molecule is CC(C)C[C@H](N)C(=O)N[C@@H](CCCCN)C(=O)N1CCC[C@H]1C(=O)N[C@@H](CC(N)=O)C(=O)N[C@H](C(N)=O)[C@@H](C)O. The molecule has 12 N–H and O–H groups in total. The molecule has 228 valence electrons. The molecule has 15 heteroatoms. The fourth-order valence-corrected chi connectivity index (χ4v) is 4.51. The van der Waals surface area contributed by atoms with E-state index in [0.717, 1.165) is 0 Å². The number of carbonyl (C=O) groups is 6. The third-order valence-corrected chi connectivity index (χ3v) is 6.59. The van der Waals surface area contributed by atoms with Crippen LogP contribution >= 0.6 is 0 Å². The minimum atomic E-state index is -1.49. The highest BCUT2D eigenvalue weighted by atomic mass is 16.3. The summed E-state index contributed by atoms with van der Waals surface area (Å²) in [5.74, 6) is -4.38. The van der Waals surface area contributed by atoms with Gasteiger partial charge in [-0.3, -0.25) is 28.8 Å². The molecule has 0 spiro atoms. The molecule has 6 atom stereocenters. The molecule has 0 radical (unpaired) electrons. The Morgan fingerprint density at radius 1 is 0.950 bits per heavy atom. The van der Waals surface area contributed by atoms with Crippen molar-refractivity contribution >= 4 is 35.4 Å². The fraction of sp³-hybridized carbons (Fsp3) is 0.760. The highest BCUT2D eigenvalue weighted by molar-refractivity contribution is 5.97. The third kappa shape index (κ3) is 11.1. The molecule has 1 aliphatic heterocycles. The summed E-state index contributed by atoms with van der Waals surface area (Å²) in [7, 11) is 0. The van der Waals surface area contributed by atoms with Crippen molar-refractivity contribution < 1.29 is 33.9 Å². The number of hydrogen-bond donors (Lipinski definition) is 8. The molecule has 6 amide bonds. The lowest BCUT2D eigenvalue weighted by atomic mass is 10.0. The Bertz CT molecular complexity index is 914. The number of likely N-dealkylation sites (tertiary alicyclic amines) is 1. The predicted molar refractivity (Wildman–Crippen MR) is 146 cm³/mol. The number of rotatable bonds is 17. The Hall–Kier alpha value is -3.30. The minimum absolute atomic E-state index is 0.170. The lowest BCUT2D eigenvalue weighted by Crippen LogP contribution is -2.59. The summed E-state index contributed by atoms with van der Waals surface area (Å²) in [5, 5.41) is 17.1. The number of carbonyl (C=O) groups excluding carboxylic acids is 6. The molecule has 0 saturated carbocycles. The summed E-state index contributed by atoms with van der Waals surface area (Å²) in [6.45, 7) is 5.73. The van der Waals surface area contributed by atoms with E-state index < -0.39 is 78.2 Å². The van der Waals surface area contributed by atoms with Gasteiger partial charge in [0.05, 0.1) is 18.6 Å². The van der Waals surface area contributed by atoms with Crippen molar-refractivity contribution in [2.45, 2.75) is 102 Å². The Morgan fingerprint density at radius 3 is 2.12 bits per heavy atom. The molecular formula is C25H46N8O7. The number of primary amides is 2. The number of aliphatic hydroxyl groups excluding tert-OH is 1. The smallest absolute Gasteiger partial charge is 0.245 e. The van der Waals surface area contributed by atoms with Gasteiger partial charge in [0.25, 0.3) is 0 Å². The highest BCUT2D eigenvalue weighted by Gasteiger charge is 2.39. The van der Waals surface area contributed by atoms with Crippen molar-refractivity contribution in [2.75, 3.05) is 13.1 Å². The van der Waals surface area contributed by atoms with E-state index in [1.807, 2.05) is 13.8 Å². The minimum Gasteiger partial charge on any atom is -0.391 e. The lowest BCUT2D eigenvalue weighted by molar-refractivity contribution is -0.142. The van der Waals surface area contributed by atoms with Crippen molar-refractivity contribution in [3.05, 3.63) is 0 Å². The number of aliphatic hydroxyl groups is 1. The molecule has 0 bridgehead atoms. The Balaban J connectivity index is 3.07. The van der Waals surface area contributed by atoms with E-state index in [1.54, 1.807) is 0 Å². The van der Waals surface area contributed by atoms with Gasteiger partial charge in [0, 0.05) is 6.54 Å². The summed E-state index contributed by atoms with van der Waals surface area (Å²) in [6.07, 6.45) is 0.729. The molecule has 1 rings (SSSR count). The van der Waals surface area contributed by atoms with Gasteiger partial charge in [-0.25, -0.2) is 0 Å². The molecule has 1 aliphatic rings. The topological polar surface area (TPSA) is 266 Å². The molecule has 1 saturated heterocycles. The Labute approximate surface area is 234 Å². The van der Waals surface area contributed by atoms with Gasteiger partial charge in [0.1, 0.15) is 24.2 Å². The number of nitrogens with one attached hydrogen (secondary N) is 3. The number of amides is 6. The summed E-state index contributed by atoms with van der Waals surface area (Å²) >= 11 is 0. The summed E-state index contributed by atoms with van der Waals surface area (Å²) in [6, 6.07) is -5.68. The van der Waals surface area contributed by atoms with E-state index >= 15 is 0 Å². The highest BCUT2D eigenvalue weighted by Crippen LogP contribution is 2.20. The quantitative estimate of drug-likeness (QED) is 0.0811. The van der Waals surface area contributed by atoms with Gasteiger partial charge < -0.3 is 48.9 Å². The van der Waals surface area contributed by atoms with Crippen LogP contribution in [0.1, 0.15) is 65.7 Å². The van der Waals surface area contributed by atoms with Gasteiger partial charge in [0.2, 0.25) is 35.4 Å². The maximum absolute atomic E-state index is 13.6. The summed E-state index contributed by atoms with van der Waals surface area (Å²) in [5.41, 5.74) is 22.0.